The Kier molecular flexibility index (Phi) is 6.15. The highest BCUT2D eigenvalue weighted by Crippen LogP contribution is 2.22. The first-order chi connectivity index (χ1) is 16.2. The van der Waals surface area contributed by atoms with Crippen molar-refractivity contribution in [3.63, 3.8) is 0 Å². The second-order valence-electron chi connectivity index (χ2n) is 8.08. The van der Waals surface area contributed by atoms with Crippen LogP contribution in [0, 0.1) is 26.6 Å². The number of halogens is 1. The third kappa shape index (κ3) is 4.14. The number of carbonyl (C=O) groups excluding carboxylic acids is 2. The maximum Gasteiger partial charge on any atom is 0.344 e. The van der Waals surface area contributed by atoms with Crippen LogP contribution in [0.15, 0.2) is 53.5 Å². The zero-order valence-electron chi connectivity index (χ0n) is 19.4. The van der Waals surface area contributed by atoms with E-state index in [4.69, 9.17) is 4.74 Å². The maximum atomic E-state index is 13.3. The minimum atomic E-state index is -0.865. The number of nitrogens with zero attached hydrogens (tertiary/aromatic N) is 3. The molecule has 0 aliphatic heterocycles. The van der Waals surface area contributed by atoms with Gasteiger partial charge in [0.15, 0.2) is 6.61 Å². The number of aromatic nitrogens is 3. The van der Waals surface area contributed by atoms with Gasteiger partial charge in [-0.15, -0.1) is 0 Å². The van der Waals surface area contributed by atoms with Gasteiger partial charge in [-0.05, 0) is 70.2 Å². The van der Waals surface area contributed by atoms with E-state index < -0.39 is 23.8 Å². The predicted molar refractivity (Wildman–Crippen MR) is 126 cm³/mol. The lowest BCUT2D eigenvalue weighted by Gasteiger charge is -2.11. The van der Waals surface area contributed by atoms with E-state index in [1.807, 2.05) is 25.3 Å². The predicted octanol–water partition coefficient (Wildman–Crippen LogP) is 4.31. The van der Waals surface area contributed by atoms with Crippen LogP contribution < -0.4 is 5.43 Å². The fourth-order valence-electron chi connectivity index (χ4n) is 4.07. The molecule has 1 aromatic carbocycles. The number of benzene rings is 1. The molecule has 7 nitrogen and oxygen atoms in total. The molecule has 174 valence electrons. The number of hydrogen-bond acceptors (Lipinski definition) is 5. The molecular formula is C26H24FN3O4. The van der Waals surface area contributed by atoms with Gasteiger partial charge in [0.1, 0.15) is 17.0 Å². The average molecular weight is 461 g/mol. The summed E-state index contributed by atoms with van der Waals surface area (Å²) in [6, 6.07) is 11.0. The zero-order valence-corrected chi connectivity index (χ0v) is 19.4. The second-order valence-corrected chi connectivity index (χ2v) is 8.08. The van der Waals surface area contributed by atoms with Crippen LogP contribution in [0.2, 0.25) is 0 Å². The monoisotopic (exact) mass is 461 g/mol. The largest absolute Gasteiger partial charge is 0.454 e. The molecule has 0 saturated heterocycles. The SMILES string of the molecule is CCn1cc(C(=O)OCC(=O)c2cc(C)n(-c3ccc(F)cc3)c2C)c(=O)c2ccc(C)nc21. The van der Waals surface area contributed by atoms with Crippen LogP contribution in [-0.4, -0.2) is 32.5 Å². The fourth-order valence-corrected chi connectivity index (χ4v) is 4.07. The summed E-state index contributed by atoms with van der Waals surface area (Å²) in [6.07, 6.45) is 1.42. The maximum absolute atomic E-state index is 13.3. The zero-order chi connectivity index (χ0) is 24.6. The topological polar surface area (TPSA) is 83.2 Å². The Hall–Kier alpha value is -4.07. The van der Waals surface area contributed by atoms with Gasteiger partial charge in [0.2, 0.25) is 11.2 Å². The first-order valence-corrected chi connectivity index (χ1v) is 10.9. The van der Waals surface area contributed by atoms with Crippen molar-refractivity contribution < 1.29 is 18.7 Å². The molecule has 0 amide bonds. The highest BCUT2D eigenvalue weighted by atomic mass is 19.1. The molecule has 8 heteroatoms. The van der Waals surface area contributed by atoms with Crippen LogP contribution in [0.1, 0.15) is 44.7 Å². The molecule has 0 aliphatic carbocycles. The first kappa shape index (κ1) is 23.1. The van der Waals surface area contributed by atoms with Crippen LogP contribution in [-0.2, 0) is 11.3 Å². The number of rotatable bonds is 6. The Balaban J connectivity index is 1.58. The quantitative estimate of drug-likeness (QED) is 0.316. The second kappa shape index (κ2) is 9.05. The van der Waals surface area contributed by atoms with Crippen molar-refractivity contribution in [3.05, 3.63) is 92.9 Å². The minimum Gasteiger partial charge on any atom is -0.454 e. The van der Waals surface area contributed by atoms with E-state index in [2.05, 4.69) is 4.98 Å². The summed E-state index contributed by atoms with van der Waals surface area (Å²) in [6.45, 7) is 7.29. The number of hydrogen-bond donors (Lipinski definition) is 0. The molecule has 0 fully saturated rings. The summed E-state index contributed by atoms with van der Waals surface area (Å²) >= 11 is 0. The molecule has 0 radical (unpaired) electrons. The molecule has 34 heavy (non-hydrogen) atoms. The summed E-state index contributed by atoms with van der Waals surface area (Å²) in [5.74, 6) is -1.62. The Labute approximate surface area is 195 Å². The molecule has 4 rings (SSSR count). The van der Waals surface area contributed by atoms with Crippen LogP contribution in [0.5, 0.6) is 0 Å². The van der Waals surface area contributed by atoms with Crippen LogP contribution in [0.4, 0.5) is 4.39 Å². The Bertz CT molecular complexity index is 1480. The molecular weight excluding hydrogens is 437 g/mol. The van der Waals surface area contributed by atoms with Gasteiger partial charge < -0.3 is 13.9 Å². The number of Topliss-reactive ketones (excluding diaryl/α,β-unsaturated/α-hetero) is 1. The fraction of sp³-hybridized carbons (Fsp3) is 0.231. The molecule has 0 unspecified atom stereocenters. The Morgan fingerprint density at radius 1 is 1.03 bits per heavy atom. The lowest BCUT2D eigenvalue weighted by atomic mass is 10.1. The van der Waals surface area contributed by atoms with Crippen molar-refractivity contribution in [1.29, 1.82) is 0 Å². The minimum absolute atomic E-state index is 0.149. The molecule has 0 atom stereocenters. The molecule has 3 heterocycles. The summed E-state index contributed by atoms with van der Waals surface area (Å²) < 4.78 is 22.1. The molecule has 0 aliphatic rings. The number of ketones is 1. The van der Waals surface area contributed by atoms with Gasteiger partial charge in [0.05, 0.1) is 5.39 Å². The van der Waals surface area contributed by atoms with E-state index in [0.29, 0.717) is 34.5 Å². The smallest absolute Gasteiger partial charge is 0.344 e. The third-order valence-electron chi connectivity index (χ3n) is 5.77. The van der Waals surface area contributed by atoms with E-state index in [9.17, 15) is 18.8 Å². The molecule has 3 aromatic heterocycles. The van der Waals surface area contributed by atoms with E-state index >= 15 is 0 Å². The lowest BCUT2D eigenvalue weighted by Crippen LogP contribution is -2.23. The van der Waals surface area contributed by atoms with Gasteiger partial charge in [-0.25, -0.2) is 14.2 Å². The number of ether oxygens (including phenoxy) is 1. The van der Waals surface area contributed by atoms with Crippen molar-refractivity contribution in [3.8, 4) is 5.69 Å². The summed E-state index contributed by atoms with van der Waals surface area (Å²) in [7, 11) is 0. The lowest BCUT2D eigenvalue weighted by molar-refractivity contribution is 0.0472. The molecule has 0 N–H and O–H groups in total. The van der Waals surface area contributed by atoms with Crippen molar-refractivity contribution >= 4 is 22.8 Å². The number of pyridine rings is 2. The van der Waals surface area contributed by atoms with E-state index in [-0.39, 0.29) is 11.4 Å². The normalized spacial score (nSPS) is 11.1. The van der Waals surface area contributed by atoms with Crippen LogP contribution >= 0.6 is 0 Å². The molecule has 0 spiro atoms. The van der Waals surface area contributed by atoms with Crippen molar-refractivity contribution in [2.24, 2.45) is 0 Å². The first-order valence-electron chi connectivity index (χ1n) is 10.9. The van der Waals surface area contributed by atoms with Crippen molar-refractivity contribution in [2.45, 2.75) is 34.2 Å². The van der Waals surface area contributed by atoms with Gasteiger partial charge in [0, 0.05) is 41.1 Å². The van der Waals surface area contributed by atoms with Gasteiger partial charge >= 0.3 is 5.97 Å². The van der Waals surface area contributed by atoms with Crippen molar-refractivity contribution in [2.75, 3.05) is 6.61 Å². The number of esters is 1. The van der Waals surface area contributed by atoms with Crippen LogP contribution in [0.25, 0.3) is 16.7 Å². The van der Waals surface area contributed by atoms with E-state index in [1.165, 1.54) is 18.3 Å². The molecule has 4 aromatic rings. The number of fused-ring (bicyclic) bond motifs is 1. The summed E-state index contributed by atoms with van der Waals surface area (Å²) in [5, 5.41) is 0.316. The van der Waals surface area contributed by atoms with E-state index in [0.717, 1.165) is 11.4 Å². The summed E-state index contributed by atoms with van der Waals surface area (Å²) in [4.78, 5) is 42.9. The van der Waals surface area contributed by atoms with Crippen LogP contribution in [0.3, 0.4) is 0 Å². The standard InChI is InChI=1S/C26H24FN3O4/c1-5-29-13-22(24(32)20-11-6-15(2)28-25(20)29)26(33)34-14-23(31)21-12-16(3)30(17(21)4)19-9-7-18(27)8-10-19/h6-13H,5,14H2,1-4H3. The molecule has 0 saturated carbocycles. The third-order valence-corrected chi connectivity index (χ3v) is 5.77. The van der Waals surface area contributed by atoms with Gasteiger partial charge in [-0.3, -0.25) is 9.59 Å². The van der Waals surface area contributed by atoms with Crippen molar-refractivity contribution in [1.82, 2.24) is 14.1 Å². The Morgan fingerprint density at radius 2 is 1.74 bits per heavy atom. The highest BCUT2D eigenvalue weighted by Gasteiger charge is 2.21. The molecule has 0 bridgehead atoms. The average Bonchev–Trinajstić information content (AvgIpc) is 3.12. The van der Waals surface area contributed by atoms with Gasteiger partial charge in [-0.2, -0.15) is 0 Å². The number of carbonyl (C=O) groups is 2. The van der Waals surface area contributed by atoms with Gasteiger partial charge in [-0.1, -0.05) is 0 Å². The highest BCUT2D eigenvalue weighted by molar-refractivity contribution is 6.01. The summed E-state index contributed by atoms with van der Waals surface area (Å²) in [5.41, 5.74) is 3.14. The Morgan fingerprint density at radius 3 is 2.41 bits per heavy atom. The van der Waals surface area contributed by atoms with E-state index in [1.54, 1.807) is 41.8 Å². The number of aryl methyl sites for hydroxylation is 3. The van der Waals surface area contributed by atoms with Gasteiger partial charge in [0.25, 0.3) is 0 Å².